The van der Waals surface area contributed by atoms with Crippen molar-refractivity contribution in [3.63, 3.8) is 0 Å². The van der Waals surface area contributed by atoms with Crippen LogP contribution < -0.4 is 4.90 Å². The Balaban J connectivity index is 2.15. The summed E-state index contributed by atoms with van der Waals surface area (Å²) >= 11 is 0. The first kappa shape index (κ1) is 14.7. The fraction of sp³-hybridized carbons (Fsp3) is 0.125. The van der Waals surface area contributed by atoms with Crippen molar-refractivity contribution >= 4 is 11.7 Å². The first-order chi connectivity index (χ1) is 11.1. The Morgan fingerprint density at radius 3 is 2.30 bits per heavy atom. The minimum atomic E-state index is -1.12. The van der Waals surface area contributed by atoms with Gasteiger partial charge in [-0.2, -0.15) is 0 Å². The van der Waals surface area contributed by atoms with Gasteiger partial charge in [0, 0.05) is 37.7 Å². The van der Waals surface area contributed by atoms with Crippen LogP contribution in [0.4, 0.5) is 5.69 Å². The number of anilines is 1. The molecular weight excluding hydrogens is 294 g/mol. The van der Waals surface area contributed by atoms with E-state index in [1.54, 1.807) is 24.5 Å². The molecule has 3 rings (SSSR count). The van der Waals surface area contributed by atoms with E-state index in [0.29, 0.717) is 11.3 Å². The summed E-state index contributed by atoms with van der Waals surface area (Å²) in [7, 11) is 3.91. The largest absolute Gasteiger partial charge is 0.476 e. The average molecular weight is 309 g/mol. The molecule has 1 aromatic carbocycles. The van der Waals surface area contributed by atoms with Crippen molar-refractivity contribution in [3.8, 4) is 16.9 Å². The molecule has 0 aliphatic heterocycles. The van der Waals surface area contributed by atoms with Crippen molar-refractivity contribution in [2.24, 2.45) is 0 Å². The Bertz CT molecular complexity index is 825. The molecule has 0 fully saturated rings. The summed E-state index contributed by atoms with van der Waals surface area (Å²) in [4.78, 5) is 17.4. The molecule has 0 unspecified atom stereocenters. The second kappa shape index (κ2) is 5.88. The highest BCUT2D eigenvalue weighted by atomic mass is 16.4. The number of aromatic nitrogens is 4. The average Bonchev–Trinajstić information content (AvgIpc) is 3.01. The molecule has 7 nitrogen and oxygen atoms in total. The van der Waals surface area contributed by atoms with Crippen LogP contribution in [0.15, 0.2) is 48.8 Å². The quantitative estimate of drug-likeness (QED) is 0.794. The molecule has 2 heterocycles. The second-order valence-electron chi connectivity index (χ2n) is 5.15. The third-order valence-corrected chi connectivity index (χ3v) is 3.44. The number of rotatable bonds is 4. The van der Waals surface area contributed by atoms with Crippen LogP contribution in [-0.2, 0) is 0 Å². The summed E-state index contributed by atoms with van der Waals surface area (Å²) in [6, 6.07) is 11.1. The topological polar surface area (TPSA) is 84.1 Å². The van der Waals surface area contributed by atoms with Crippen LogP contribution in [0.2, 0.25) is 0 Å². The normalized spacial score (nSPS) is 10.5. The zero-order valence-electron chi connectivity index (χ0n) is 12.7. The fourth-order valence-corrected chi connectivity index (χ4v) is 2.27. The zero-order valence-corrected chi connectivity index (χ0v) is 12.7. The van der Waals surface area contributed by atoms with E-state index < -0.39 is 5.97 Å². The van der Waals surface area contributed by atoms with E-state index in [4.69, 9.17) is 0 Å². The number of carboxylic acids is 1. The van der Waals surface area contributed by atoms with E-state index in [9.17, 15) is 9.90 Å². The van der Waals surface area contributed by atoms with Crippen LogP contribution in [0.1, 0.15) is 10.5 Å². The van der Waals surface area contributed by atoms with Crippen LogP contribution in [0.5, 0.6) is 0 Å². The second-order valence-corrected chi connectivity index (χ2v) is 5.15. The van der Waals surface area contributed by atoms with Crippen molar-refractivity contribution in [3.05, 3.63) is 54.5 Å². The molecule has 116 valence electrons. The highest BCUT2D eigenvalue weighted by Gasteiger charge is 2.21. The number of pyridine rings is 1. The Labute approximate surface area is 132 Å². The number of benzene rings is 1. The molecule has 0 amide bonds. The highest BCUT2D eigenvalue weighted by Crippen LogP contribution is 2.25. The van der Waals surface area contributed by atoms with Gasteiger partial charge in [0.25, 0.3) is 0 Å². The lowest BCUT2D eigenvalue weighted by Crippen LogP contribution is -2.08. The third kappa shape index (κ3) is 2.76. The molecule has 0 bridgehead atoms. The molecule has 0 spiro atoms. The number of hydrogen-bond donors (Lipinski definition) is 1. The maximum atomic E-state index is 11.4. The van der Waals surface area contributed by atoms with Gasteiger partial charge in [-0.3, -0.25) is 4.98 Å². The number of aromatic carboxylic acids is 1. The van der Waals surface area contributed by atoms with Crippen molar-refractivity contribution in [2.75, 3.05) is 19.0 Å². The molecule has 7 heteroatoms. The molecule has 3 aromatic rings. The minimum absolute atomic E-state index is 0.0899. The van der Waals surface area contributed by atoms with E-state index in [2.05, 4.69) is 15.3 Å². The van der Waals surface area contributed by atoms with Gasteiger partial charge in [0.05, 0.1) is 5.69 Å². The minimum Gasteiger partial charge on any atom is -0.476 e. The van der Waals surface area contributed by atoms with E-state index in [0.717, 1.165) is 11.4 Å². The summed E-state index contributed by atoms with van der Waals surface area (Å²) in [6.07, 6.45) is 3.21. The summed E-state index contributed by atoms with van der Waals surface area (Å²) in [5.74, 6) is -1.12. The van der Waals surface area contributed by atoms with E-state index in [1.807, 2.05) is 43.3 Å². The summed E-state index contributed by atoms with van der Waals surface area (Å²) < 4.78 is 1.53. The Kier molecular flexibility index (Phi) is 3.76. The third-order valence-electron chi connectivity index (χ3n) is 3.44. The van der Waals surface area contributed by atoms with E-state index in [-0.39, 0.29) is 5.69 Å². The molecule has 0 radical (unpaired) electrons. The van der Waals surface area contributed by atoms with Crippen molar-refractivity contribution in [1.29, 1.82) is 0 Å². The maximum Gasteiger partial charge on any atom is 0.358 e. The Morgan fingerprint density at radius 2 is 1.74 bits per heavy atom. The predicted molar refractivity (Wildman–Crippen MR) is 85.9 cm³/mol. The lowest BCUT2D eigenvalue weighted by atomic mass is 10.1. The van der Waals surface area contributed by atoms with Crippen LogP contribution >= 0.6 is 0 Å². The molecule has 2 aromatic heterocycles. The van der Waals surface area contributed by atoms with Gasteiger partial charge in [-0.1, -0.05) is 5.21 Å². The summed E-state index contributed by atoms with van der Waals surface area (Å²) in [6.45, 7) is 0. The highest BCUT2D eigenvalue weighted by molar-refractivity contribution is 5.93. The fourth-order valence-electron chi connectivity index (χ4n) is 2.27. The zero-order chi connectivity index (χ0) is 16.4. The summed E-state index contributed by atoms with van der Waals surface area (Å²) in [5.41, 5.74) is 2.81. The SMILES string of the molecule is CN(C)c1ccc(-n2nnc(C(=O)O)c2-c2ccncc2)cc1. The smallest absolute Gasteiger partial charge is 0.358 e. The Hall–Kier alpha value is -3.22. The number of carboxylic acid groups (broad SMARTS) is 1. The first-order valence-electron chi connectivity index (χ1n) is 6.95. The van der Waals surface area contributed by atoms with Gasteiger partial charge < -0.3 is 10.0 Å². The van der Waals surface area contributed by atoms with Crippen LogP contribution in [0, 0.1) is 0 Å². The number of hydrogen-bond acceptors (Lipinski definition) is 5. The van der Waals surface area contributed by atoms with Gasteiger partial charge in [0.15, 0.2) is 5.69 Å². The molecule has 0 saturated heterocycles. The molecule has 0 aliphatic rings. The van der Waals surface area contributed by atoms with E-state index in [1.165, 1.54) is 4.68 Å². The van der Waals surface area contributed by atoms with Crippen molar-refractivity contribution in [1.82, 2.24) is 20.0 Å². The van der Waals surface area contributed by atoms with Gasteiger partial charge in [0.1, 0.15) is 5.69 Å². The molecule has 0 saturated carbocycles. The molecular formula is C16H15N5O2. The maximum absolute atomic E-state index is 11.4. The number of carbonyl (C=O) groups is 1. The van der Waals surface area contributed by atoms with Crippen LogP contribution in [0.25, 0.3) is 16.9 Å². The Morgan fingerprint density at radius 1 is 1.09 bits per heavy atom. The van der Waals surface area contributed by atoms with Crippen LogP contribution in [0.3, 0.4) is 0 Å². The van der Waals surface area contributed by atoms with Crippen LogP contribution in [-0.4, -0.2) is 45.1 Å². The van der Waals surface area contributed by atoms with E-state index >= 15 is 0 Å². The lowest BCUT2D eigenvalue weighted by Gasteiger charge is -2.13. The van der Waals surface area contributed by atoms with Gasteiger partial charge in [-0.15, -0.1) is 5.10 Å². The molecule has 23 heavy (non-hydrogen) atoms. The van der Waals surface area contributed by atoms with Crippen molar-refractivity contribution < 1.29 is 9.90 Å². The molecule has 1 N–H and O–H groups in total. The first-order valence-corrected chi connectivity index (χ1v) is 6.95. The van der Waals surface area contributed by atoms with Crippen molar-refractivity contribution in [2.45, 2.75) is 0 Å². The van der Waals surface area contributed by atoms with Gasteiger partial charge in [0.2, 0.25) is 0 Å². The molecule has 0 atom stereocenters. The number of nitrogens with zero attached hydrogens (tertiary/aromatic N) is 5. The predicted octanol–water partition coefficient (Wildman–Crippen LogP) is 2.09. The lowest BCUT2D eigenvalue weighted by molar-refractivity contribution is 0.0691. The van der Waals surface area contributed by atoms with Gasteiger partial charge >= 0.3 is 5.97 Å². The van der Waals surface area contributed by atoms with Gasteiger partial charge in [-0.25, -0.2) is 9.48 Å². The van der Waals surface area contributed by atoms with Gasteiger partial charge in [-0.05, 0) is 36.4 Å². The standard InChI is InChI=1S/C16H15N5O2/c1-20(2)12-3-5-13(6-4-12)21-15(11-7-9-17-10-8-11)14(16(22)23)18-19-21/h3-10H,1-2H3,(H,22,23). The molecule has 0 aliphatic carbocycles. The monoisotopic (exact) mass is 309 g/mol. The summed E-state index contributed by atoms with van der Waals surface area (Å²) in [5, 5.41) is 17.2.